The van der Waals surface area contributed by atoms with Gasteiger partial charge in [0.15, 0.2) is 0 Å². The molecule has 3 rings (SSSR count). The summed E-state index contributed by atoms with van der Waals surface area (Å²) in [6, 6.07) is 8.74. The molecule has 2 aromatic carbocycles. The molecular weight excluding hydrogens is 467 g/mol. The van der Waals surface area contributed by atoms with E-state index in [1.165, 1.54) is 4.31 Å². The Labute approximate surface area is 201 Å². The first-order chi connectivity index (χ1) is 15.1. The van der Waals surface area contributed by atoms with Gasteiger partial charge in [0, 0.05) is 19.6 Å². The van der Waals surface area contributed by atoms with Crippen molar-refractivity contribution < 1.29 is 13.2 Å². The summed E-state index contributed by atoms with van der Waals surface area (Å²) < 4.78 is 28.9. The molecule has 0 bridgehead atoms. The minimum atomic E-state index is -3.93. The van der Waals surface area contributed by atoms with Crippen molar-refractivity contribution in [3.8, 4) is 0 Å². The first-order valence-electron chi connectivity index (χ1n) is 10.9. The largest absolute Gasteiger partial charge is 0.342 e. The zero-order valence-corrected chi connectivity index (χ0v) is 21.2. The quantitative estimate of drug-likeness (QED) is 0.529. The molecule has 174 valence electrons. The van der Waals surface area contributed by atoms with E-state index in [0.29, 0.717) is 39.8 Å². The van der Waals surface area contributed by atoms with Crippen LogP contribution < -0.4 is 0 Å². The Kier molecular flexibility index (Phi) is 8.26. The number of nitrogens with zero attached hydrogens (tertiary/aromatic N) is 2. The lowest BCUT2D eigenvalue weighted by Crippen LogP contribution is -2.43. The van der Waals surface area contributed by atoms with Crippen molar-refractivity contribution in [2.75, 3.05) is 19.6 Å². The lowest BCUT2D eigenvalue weighted by atomic mass is 10.1. The molecule has 1 heterocycles. The fraction of sp³-hybridized carbons (Fsp3) is 0.458. The summed E-state index contributed by atoms with van der Waals surface area (Å²) in [7, 11) is -3.93. The predicted octanol–water partition coefficient (Wildman–Crippen LogP) is 5.51. The van der Waals surface area contributed by atoms with Gasteiger partial charge in [-0.1, -0.05) is 59.8 Å². The summed E-state index contributed by atoms with van der Waals surface area (Å²) in [4.78, 5) is 15.2. The van der Waals surface area contributed by atoms with Gasteiger partial charge < -0.3 is 4.90 Å². The van der Waals surface area contributed by atoms with Crippen LogP contribution in [-0.4, -0.2) is 43.2 Å². The number of amides is 1. The molecule has 0 saturated carbocycles. The van der Waals surface area contributed by atoms with Gasteiger partial charge in [-0.25, -0.2) is 8.42 Å². The van der Waals surface area contributed by atoms with Crippen molar-refractivity contribution in [3.05, 3.63) is 62.6 Å². The summed E-state index contributed by atoms with van der Waals surface area (Å²) >= 11 is 12.2. The highest BCUT2D eigenvalue weighted by Gasteiger charge is 2.31. The lowest BCUT2D eigenvalue weighted by Gasteiger charge is -2.27. The second-order valence-electron chi connectivity index (χ2n) is 8.54. The molecule has 0 radical (unpaired) electrons. The van der Waals surface area contributed by atoms with Crippen LogP contribution in [0.15, 0.2) is 35.2 Å². The van der Waals surface area contributed by atoms with Gasteiger partial charge in [-0.2, -0.15) is 4.31 Å². The second kappa shape index (κ2) is 10.6. The van der Waals surface area contributed by atoms with Gasteiger partial charge in [-0.3, -0.25) is 4.79 Å². The molecule has 0 N–H and O–H groups in total. The number of benzene rings is 2. The van der Waals surface area contributed by atoms with Crippen LogP contribution in [0.25, 0.3) is 0 Å². The van der Waals surface area contributed by atoms with E-state index >= 15 is 0 Å². The Bertz CT molecular complexity index is 1070. The van der Waals surface area contributed by atoms with Crippen LogP contribution in [0.3, 0.4) is 0 Å². The summed E-state index contributed by atoms with van der Waals surface area (Å²) in [5, 5.41) is 0.749. The Hall–Kier alpha value is -1.60. The van der Waals surface area contributed by atoms with Crippen LogP contribution in [0.2, 0.25) is 10.0 Å². The summed E-state index contributed by atoms with van der Waals surface area (Å²) in [5.74, 6) is -0.169. The lowest BCUT2D eigenvalue weighted by molar-refractivity contribution is -0.131. The highest BCUT2D eigenvalue weighted by molar-refractivity contribution is 7.89. The molecule has 2 aromatic rings. The number of hydrogen-bond acceptors (Lipinski definition) is 3. The molecule has 1 fully saturated rings. The van der Waals surface area contributed by atoms with Crippen molar-refractivity contribution in [3.63, 3.8) is 0 Å². The first-order valence-corrected chi connectivity index (χ1v) is 13.1. The van der Waals surface area contributed by atoms with Gasteiger partial charge in [0.05, 0.1) is 21.5 Å². The Morgan fingerprint density at radius 1 is 0.938 bits per heavy atom. The second-order valence-corrected chi connectivity index (χ2v) is 11.2. The predicted molar refractivity (Wildman–Crippen MR) is 130 cm³/mol. The Balaban J connectivity index is 1.98. The number of aryl methyl sites for hydroxylation is 3. The van der Waals surface area contributed by atoms with Gasteiger partial charge in [0.1, 0.15) is 0 Å². The maximum atomic E-state index is 13.8. The highest BCUT2D eigenvalue weighted by atomic mass is 35.5. The molecule has 32 heavy (non-hydrogen) atoms. The first kappa shape index (κ1) is 25.0. The van der Waals surface area contributed by atoms with E-state index < -0.39 is 10.0 Å². The molecule has 0 aliphatic carbocycles. The number of sulfonamides is 1. The normalized spacial score (nSPS) is 15.1. The molecule has 1 aliphatic rings. The molecule has 1 aliphatic heterocycles. The van der Waals surface area contributed by atoms with E-state index in [2.05, 4.69) is 0 Å². The third kappa shape index (κ3) is 5.84. The van der Waals surface area contributed by atoms with E-state index in [9.17, 15) is 13.2 Å². The minimum absolute atomic E-state index is 0.0333. The summed E-state index contributed by atoms with van der Waals surface area (Å²) in [5.41, 5.74) is 3.01. The van der Waals surface area contributed by atoms with Crippen LogP contribution in [-0.2, 0) is 21.4 Å². The molecule has 0 unspecified atom stereocenters. The van der Waals surface area contributed by atoms with Crippen molar-refractivity contribution in [2.24, 2.45) is 0 Å². The van der Waals surface area contributed by atoms with E-state index in [4.69, 9.17) is 23.2 Å². The van der Waals surface area contributed by atoms with Crippen LogP contribution in [0.1, 0.15) is 47.9 Å². The van der Waals surface area contributed by atoms with Gasteiger partial charge in [0.25, 0.3) is 0 Å². The number of rotatable bonds is 6. The van der Waals surface area contributed by atoms with Crippen molar-refractivity contribution in [1.29, 1.82) is 0 Å². The third-order valence-electron chi connectivity index (χ3n) is 5.82. The fourth-order valence-corrected chi connectivity index (χ4v) is 6.45. The van der Waals surface area contributed by atoms with Crippen LogP contribution >= 0.6 is 23.2 Å². The average molecular weight is 497 g/mol. The molecule has 0 atom stereocenters. The average Bonchev–Trinajstić information content (AvgIpc) is 2.98. The number of halogens is 2. The molecule has 0 aromatic heterocycles. The van der Waals surface area contributed by atoms with Crippen LogP contribution in [0, 0.1) is 20.8 Å². The molecule has 5 nitrogen and oxygen atoms in total. The zero-order chi connectivity index (χ0) is 23.5. The summed E-state index contributed by atoms with van der Waals surface area (Å²) in [6.45, 7) is 6.68. The Morgan fingerprint density at radius 3 is 2.09 bits per heavy atom. The standard InChI is InChI=1S/C24H30Cl2N2O3S/c1-17-12-18(2)24(19(3)13-17)32(30,31)28(15-20-8-9-21(25)22(26)14-20)16-23(29)27-10-6-4-5-7-11-27/h8-9,12-14H,4-7,10-11,15-16H2,1-3H3. The van der Waals surface area contributed by atoms with E-state index in [-0.39, 0.29) is 23.9 Å². The monoisotopic (exact) mass is 496 g/mol. The molecule has 1 saturated heterocycles. The van der Waals surface area contributed by atoms with E-state index in [0.717, 1.165) is 31.2 Å². The summed E-state index contributed by atoms with van der Waals surface area (Å²) in [6.07, 6.45) is 4.08. The van der Waals surface area contributed by atoms with E-state index in [1.54, 1.807) is 36.9 Å². The molecule has 0 spiro atoms. The number of carbonyl (C=O) groups excluding carboxylic acids is 1. The zero-order valence-electron chi connectivity index (χ0n) is 18.8. The molecule has 8 heteroatoms. The third-order valence-corrected chi connectivity index (χ3v) is 8.65. The number of likely N-dealkylation sites (tertiary alicyclic amines) is 1. The molecular formula is C24H30Cl2N2O3S. The molecule has 1 amide bonds. The minimum Gasteiger partial charge on any atom is -0.342 e. The topological polar surface area (TPSA) is 57.7 Å². The van der Waals surface area contributed by atoms with E-state index in [1.807, 2.05) is 19.1 Å². The van der Waals surface area contributed by atoms with Crippen molar-refractivity contribution in [2.45, 2.75) is 57.9 Å². The maximum Gasteiger partial charge on any atom is 0.244 e. The highest BCUT2D eigenvalue weighted by Crippen LogP contribution is 2.28. The van der Waals surface area contributed by atoms with Gasteiger partial charge >= 0.3 is 0 Å². The number of carbonyl (C=O) groups is 1. The maximum absolute atomic E-state index is 13.8. The van der Waals surface area contributed by atoms with Crippen molar-refractivity contribution in [1.82, 2.24) is 9.21 Å². The fourth-order valence-electron chi connectivity index (χ4n) is 4.34. The van der Waals surface area contributed by atoms with Crippen molar-refractivity contribution >= 4 is 39.1 Å². The van der Waals surface area contributed by atoms with Crippen LogP contribution in [0.5, 0.6) is 0 Å². The number of hydrogen-bond donors (Lipinski definition) is 0. The van der Waals surface area contributed by atoms with Gasteiger partial charge in [-0.05, 0) is 62.4 Å². The SMILES string of the molecule is Cc1cc(C)c(S(=O)(=O)N(CC(=O)N2CCCCCC2)Cc2ccc(Cl)c(Cl)c2)c(C)c1. The van der Waals surface area contributed by atoms with Gasteiger partial charge in [-0.15, -0.1) is 0 Å². The smallest absolute Gasteiger partial charge is 0.244 e. The van der Waals surface area contributed by atoms with Gasteiger partial charge in [0.2, 0.25) is 15.9 Å². The van der Waals surface area contributed by atoms with Crippen LogP contribution in [0.4, 0.5) is 0 Å². The Morgan fingerprint density at radius 2 is 1.53 bits per heavy atom.